The van der Waals surface area contributed by atoms with Crippen molar-refractivity contribution >= 4 is 41.7 Å². The first kappa shape index (κ1) is 23.5. The summed E-state index contributed by atoms with van der Waals surface area (Å²) in [7, 11) is 2.93. The van der Waals surface area contributed by atoms with E-state index in [1.54, 1.807) is 10.7 Å². The van der Waals surface area contributed by atoms with Crippen molar-refractivity contribution in [3.05, 3.63) is 11.8 Å². The third-order valence-corrected chi connectivity index (χ3v) is 5.97. The highest BCUT2D eigenvalue weighted by atomic mass is 16.2. The van der Waals surface area contributed by atoms with Gasteiger partial charge in [-0.25, -0.2) is 14.1 Å². The van der Waals surface area contributed by atoms with E-state index < -0.39 is 30.2 Å². The number of carbonyl (C=O) groups excluding carboxylic acids is 4. The SMILES string of the molecule is CC1CC(=O)NC(n2nc(C(C)(C)C)cc2NC(=O)C[N+]2=CN=C3C2C(=O)N(C)C(=O)N3C)N1. The molecule has 13 nitrogen and oxygen atoms in total. The Bertz CT molecular complexity index is 1130. The van der Waals surface area contributed by atoms with E-state index in [-0.39, 0.29) is 29.7 Å². The van der Waals surface area contributed by atoms with Crippen LogP contribution in [0.25, 0.3) is 0 Å². The Morgan fingerprint density at radius 2 is 1.94 bits per heavy atom. The Kier molecular flexibility index (Phi) is 5.75. The molecule has 3 unspecified atom stereocenters. The number of hydrogen-bond acceptors (Lipinski definition) is 7. The summed E-state index contributed by atoms with van der Waals surface area (Å²) in [5.74, 6) is -0.284. The van der Waals surface area contributed by atoms with Gasteiger partial charge in [-0.1, -0.05) is 20.8 Å². The molecule has 1 aromatic heterocycles. The van der Waals surface area contributed by atoms with E-state index in [0.717, 1.165) is 10.6 Å². The summed E-state index contributed by atoms with van der Waals surface area (Å²) >= 11 is 0. The quantitative estimate of drug-likeness (QED) is 0.500. The van der Waals surface area contributed by atoms with Crippen LogP contribution in [0.1, 0.15) is 46.1 Å². The molecule has 0 aliphatic carbocycles. The normalized spacial score (nSPS) is 25.1. The van der Waals surface area contributed by atoms with Crippen molar-refractivity contribution in [2.24, 2.45) is 4.99 Å². The Labute approximate surface area is 196 Å². The summed E-state index contributed by atoms with van der Waals surface area (Å²) in [6.45, 7) is 7.74. The molecule has 0 aromatic carbocycles. The predicted molar refractivity (Wildman–Crippen MR) is 122 cm³/mol. The molecular weight excluding hydrogens is 442 g/mol. The maximum atomic E-state index is 13.0. The largest absolute Gasteiger partial charge is 0.333 e. The van der Waals surface area contributed by atoms with Gasteiger partial charge in [0.25, 0.3) is 30.0 Å². The molecule has 13 heteroatoms. The summed E-state index contributed by atoms with van der Waals surface area (Å²) in [6, 6.07) is 0.378. The van der Waals surface area contributed by atoms with Crippen LogP contribution in [0.3, 0.4) is 0 Å². The lowest BCUT2D eigenvalue weighted by Gasteiger charge is -2.31. The van der Waals surface area contributed by atoms with Crippen molar-refractivity contribution in [3.8, 4) is 0 Å². The second-order valence-corrected chi connectivity index (χ2v) is 9.82. The fraction of sp³-hybridized carbons (Fsp3) is 0.571. The average molecular weight is 473 g/mol. The molecule has 182 valence electrons. The number of amidine groups is 1. The number of fused-ring (bicyclic) bond motifs is 1. The molecule has 1 aromatic rings. The minimum Gasteiger partial charge on any atom is -0.322 e. The standard InChI is InChI=1S/C21H29N9O4/c1-11-7-14(31)25-19(23-11)30-13(8-12(26-30)21(2,3)4)24-15(32)9-29-10-22-17-16(29)18(33)28(6)20(34)27(17)5/h8,10-11,16,19,23H,7,9H2,1-6H3,(H-,24,25,26,31,32)/p+1. The molecule has 4 heterocycles. The first-order chi connectivity index (χ1) is 15.9. The van der Waals surface area contributed by atoms with E-state index in [1.807, 2.05) is 27.7 Å². The van der Waals surface area contributed by atoms with Crippen LogP contribution in [0.4, 0.5) is 10.6 Å². The second kappa shape index (κ2) is 8.31. The van der Waals surface area contributed by atoms with Crippen LogP contribution in [-0.4, -0.2) is 92.8 Å². The smallest absolute Gasteiger partial charge is 0.322 e. The van der Waals surface area contributed by atoms with Gasteiger partial charge in [0.05, 0.1) is 5.69 Å². The van der Waals surface area contributed by atoms with Gasteiger partial charge >= 0.3 is 6.03 Å². The third kappa shape index (κ3) is 4.18. The number of nitrogens with one attached hydrogen (secondary N) is 3. The topological polar surface area (TPSA) is 144 Å². The highest BCUT2D eigenvalue weighted by molar-refractivity contribution is 6.21. The highest BCUT2D eigenvalue weighted by Crippen LogP contribution is 2.26. The zero-order valence-electron chi connectivity index (χ0n) is 20.1. The number of rotatable bonds is 4. The summed E-state index contributed by atoms with van der Waals surface area (Å²) in [4.78, 5) is 56.5. The van der Waals surface area contributed by atoms with Crippen molar-refractivity contribution in [1.29, 1.82) is 0 Å². The lowest BCUT2D eigenvalue weighted by molar-refractivity contribution is -0.519. The Morgan fingerprint density at radius 3 is 2.59 bits per heavy atom. The monoisotopic (exact) mass is 472 g/mol. The molecule has 34 heavy (non-hydrogen) atoms. The minimum atomic E-state index is -0.853. The van der Waals surface area contributed by atoms with Crippen LogP contribution in [0.15, 0.2) is 11.1 Å². The number of carbonyl (C=O) groups is 4. The highest BCUT2D eigenvalue weighted by Gasteiger charge is 2.50. The van der Waals surface area contributed by atoms with Crippen LogP contribution in [-0.2, 0) is 19.8 Å². The number of imide groups is 1. The third-order valence-electron chi connectivity index (χ3n) is 5.97. The lowest BCUT2D eigenvalue weighted by atomic mass is 9.92. The molecule has 0 spiro atoms. The summed E-state index contributed by atoms with van der Waals surface area (Å²) in [6.07, 6.45) is 1.12. The number of nitrogens with zero attached hydrogens (tertiary/aromatic N) is 6. The van der Waals surface area contributed by atoms with Crippen molar-refractivity contribution in [3.63, 3.8) is 0 Å². The van der Waals surface area contributed by atoms with Crippen LogP contribution in [0.2, 0.25) is 0 Å². The molecule has 3 atom stereocenters. The molecule has 0 saturated carbocycles. The Hall–Kier alpha value is -3.61. The molecule has 2 fully saturated rings. The first-order valence-corrected chi connectivity index (χ1v) is 11.0. The van der Waals surface area contributed by atoms with Crippen molar-refractivity contribution in [1.82, 2.24) is 30.2 Å². The average Bonchev–Trinajstić information content (AvgIpc) is 3.34. The lowest BCUT2D eigenvalue weighted by Crippen LogP contribution is -2.61. The first-order valence-electron chi connectivity index (χ1n) is 11.0. The molecule has 3 N–H and O–H groups in total. The van der Waals surface area contributed by atoms with Gasteiger partial charge < -0.3 is 10.6 Å². The van der Waals surface area contributed by atoms with Gasteiger partial charge in [-0.05, 0) is 11.9 Å². The maximum Gasteiger partial charge on any atom is 0.333 e. The van der Waals surface area contributed by atoms with Crippen LogP contribution in [0.5, 0.6) is 0 Å². The summed E-state index contributed by atoms with van der Waals surface area (Å²) < 4.78 is 3.04. The molecule has 5 amide bonds. The molecule has 3 aliphatic heterocycles. The van der Waals surface area contributed by atoms with E-state index in [4.69, 9.17) is 0 Å². The van der Waals surface area contributed by atoms with Gasteiger partial charge in [-0.15, -0.1) is 0 Å². The van der Waals surface area contributed by atoms with E-state index in [1.165, 1.54) is 29.9 Å². The van der Waals surface area contributed by atoms with Gasteiger partial charge in [0.15, 0.2) is 12.8 Å². The Morgan fingerprint density at radius 1 is 1.24 bits per heavy atom. The molecular formula is C21H30N9O4+. The predicted octanol–water partition coefficient (Wildman–Crippen LogP) is -0.581. The van der Waals surface area contributed by atoms with Crippen molar-refractivity contribution in [2.75, 3.05) is 26.0 Å². The van der Waals surface area contributed by atoms with Gasteiger partial charge in [-0.3, -0.25) is 29.5 Å². The Balaban J connectivity index is 1.54. The van der Waals surface area contributed by atoms with E-state index in [9.17, 15) is 19.2 Å². The number of aliphatic imine (C=N–C) groups is 1. The van der Waals surface area contributed by atoms with Crippen LogP contribution >= 0.6 is 0 Å². The molecule has 4 rings (SSSR count). The second-order valence-electron chi connectivity index (χ2n) is 9.82. The van der Waals surface area contributed by atoms with Crippen LogP contribution < -0.4 is 16.0 Å². The number of aromatic nitrogens is 2. The zero-order valence-corrected chi connectivity index (χ0v) is 20.1. The van der Waals surface area contributed by atoms with Crippen molar-refractivity contribution < 1.29 is 23.8 Å². The zero-order chi connectivity index (χ0) is 24.9. The number of amides is 5. The van der Waals surface area contributed by atoms with E-state index in [0.29, 0.717) is 12.2 Å². The molecule has 0 radical (unpaired) electrons. The van der Waals surface area contributed by atoms with Crippen LogP contribution in [0, 0.1) is 0 Å². The number of likely N-dealkylation sites (N-methyl/N-ethyl adjacent to an activating group) is 2. The number of urea groups is 1. The van der Waals surface area contributed by atoms with Crippen molar-refractivity contribution in [2.45, 2.75) is 57.9 Å². The van der Waals surface area contributed by atoms with E-state index >= 15 is 0 Å². The maximum absolute atomic E-state index is 13.0. The summed E-state index contributed by atoms with van der Waals surface area (Å²) in [5, 5.41) is 13.6. The summed E-state index contributed by atoms with van der Waals surface area (Å²) in [5.41, 5.74) is 0.441. The molecule has 0 bridgehead atoms. The van der Waals surface area contributed by atoms with Gasteiger partial charge in [0.1, 0.15) is 5.82 Å². The van der Waals surface area contributed by atoms with E-state index in [2.05, 4.69) is 26.0 Å². The fourth-order valence-corrected chi connectivity index (χ4v) is 4.06. The fourth-order valence-electron chi connectivity index (χ4n) is 4.06. The number of anilines is 1. The van der Waals surface area contributed by atoms with Gasteiger partial charge in [-0.2, -0.15) is 5.10 Å². The minimum absolute atomic E-state index is 0.0617. The van der Waals surface area contributed by atoms with Gasteiger partial charge in [0.2, 0.25) is 5.91 Å². The molecule has 2 saturated heterocycles. The van der Waals surface area contributed by atoms with Gasteiger partial charge in [0, 0.05) is 38.0 Å². The molecule has 3 aliphatic rings. The number of hydrogen-bond donors (Lipinski definition) is 3.